The van der Waals surface area contributed by atoms with Gasteiger partial charge >= 0.3 is 0 Å². The van der Waals surface area contributed by atoms with Gasteiger partial charge in [0.2, 0.25) is 5.95 Å². The SMILES string of the molecule is COc1cc(Nc2nc3n(n2)CC(F)C(F)CC3c2ccc(F)cc2)ccc1-n1cnc(Cl)c1. The molecular formula is C23H20ClF3N6O. The van der Waals surface area contributed by atoms with Gasteiger partial charge in [0.05, 0.1) is 19.3 Å². The van der Waals surface area contributed by atoms with Crippen LogP contribution in [0, 0.1) is 5.82 Å². The molecule has 1 aliphatic rings. The Bertz CT molecular complexity index is 1310. The number of nitrogens with zero attached hydrogens (tertiary/aromatic N) is 5. The summed E-state index contributed by atoms with van der Waals surface area (Å²) in [4.78, 5) is 8.54. The predicted molar refractivity (Wildman–Crippen MR) is 121 cm³/mol. The molecule has 1 N–H and O–H groups in total. The zero-order valence-corrected chi connectivity index (χ0v) is 18.8. The summed E-state index contributed by atoms with van der Waals surface area (Å²) in [5.74, 6) is 0.216. The van der Waals surface area contributed by atoms with Crippen molar-refractivity contribution in [2.75, 3.05) is 12.4 Å². The smallest absolute Gasteiger partial charge is 0.246 e. The molecule has 0 saturated carbocycles. The van der Waals surface area contributed by atoms with Crippen molar-refractivity contribution in [3.8, 4) is 11.4 Å². The lowest BCUT2D eigenvalue weighted by molar-refractivity contribution is 0.144. The number of nitrogens with one attached hydrogen (secondary N) is 1. The fraction of sp³-hybridized carbons (Fsp3) is 0.261. The number of ether oxygens (including phenoxy) is 1. The van der Waals surface area contributed by atoms with E-state index in [4.69, 9.17) is 16.3 Å². The van der Waals surface area contributed by atoms with E-state index in [1.54, 1.807) is 48.5 Å². The Morgan fingerprint density at radius 1 is 1.12 bits per heavy atom. The molecule has 0 spiro atoms. The van der Waals surface area contributed by atoms with Crippen molar-refractivity contribution in [2.45, 2.75) is 31.2 Å². The van der Waals surface area contributed by atoms with E-state index in [1.165, 1.54) is 16.8 Å². The van der Waals surface area contributed by atoms with Crippen LogP contribution in [0.2, 0.25) is 5.15 Å². The average molecular weight is 489 g/mol. The molecule has 0 bridgehead atoms. The van der Waals surface area contributed by atoms with Gasteiger partial charge in [-0.1, -0.05) is 23.7 Å². The fourth-order valence-electron chi connectivity index (χ4n) is 4.07. The molecule has 0 fully saturated rings. The van der Waals surface area contributed by atoms with Gasteiger partial charge in [-0.15, -0.1) is 5.10 Å². The predicted octanol–water partition coefficient (Wildman–Crippen LogP) is 5.22. The standard InChI is InChI=1S/C23H20ClF3N6O/c1-34-20-8-15(6-7-19(20)32-11-21(24)28-12-32)29-23-30-22-16(13-2-4-14(25)5-3-13)9-17(26)18(27)10-33(22)31-23/h2-8,11-12,16-18H,9-10H2,1H3,(H,29,31). The lowest BCUT2D eigenvalue weighted by Gasteiger charge is -2.16. The first kappa shape index (κ1) is 22.3. The van der Waals surface area contributed by atoms with Gasteiger partial charge in [0.25, 0.3) is 0 Å². The number of hydrogen-bond donors (Lipinski definition) is 1. The minimum Gasteiger partial charge on any atom is -0.494 e. The zero-order chi connectivity index (χ0) is 23.8. The minimum atomic E-state index is -1.72. The Kier molecular flexibility index (Phi) is 5.91. The highest BCUT2D eigenvalue weighted by Gasteiger charge is 2.35. The molecule has 7 nitrogen and oxygen atoms in total. The van der Waals surface area contributed by atoms with Gasteiger partial charge in [-0.25, -0.2) is 22.8 Å². The van der Waals surface area contributed by atoms with Crippen LogP contribution < -0.4 is 10.1 Å². The number of alkyl halides is 2. The Morgan fingerprint density at radius 3 is 2.62 bits per heavy atom. The largest absolute Gasteiger partial charge is 0.494 e. The van der Waals surface area contributed by atoms with Gasteiger partial charge < -0.3 is 14.6 Å². The van der Waals surface area contributed by atoms with Gasteiger partial charge in [-0.05, 0) is 36.2 Å². The number of hydrogen-bond acceptors (Lipinski definition) is 5. The number of methoxy groups -OCH3 is 1. The molecule has 0 radical (unpaired) electrons. The number of rotatable bonds is 5. The molecule has 5 rings (SSSR count). The molecule has 34 heavy (non-hydrogen) atoms. The first-order valence-corrected chi connectivity index (χ1v) is 10.9. The molecule has 1 aliphatic heterocycles. The number of benzene rings is 2. The number of aromatic nitrogens is 5. The van der Waals surface area contributed by atoms with Crippen LogP contribution in [0.3, 0.4) is 0 Å². The molecule has 11 heteroatoms. The molecule has 2 aromatic heterocycles. The van der Waals surface area contributed by atoms with Crippen molar-refractivity contribution in [1.82, 2.24) is 24.3 Å². The van der Waals surface area contributed by atoms with E-state index in [2.05, 4.69) is 20.4 Å². The fourth-order valence-corrected chi connectivity index (χ4v) is 4.21. The first-order valence-electron chi connectivity index (χ1n) is 10.5. The number of imidazole rings is 1. The normalized spacial score (nSPS) is 20.0. The molecule has 176 valence electrons. The summed E-state index contributed by atoms with van der Waals surface area (Å²) in [6, 6.07) is 11.1. The molecule has 3 unspecified atom stereocenters. The highest BCUT2D eigenvalue weighted by Crippen LogP contribution is 2.35. The summed E-state index contributed by atoms with van der Waals surface area (Å²) in [6.07, 6.45) is -0.284. The van der Waals surface area contributed by atoms with Gasteiger partial charge in [0.1, 0.15) is 35.0 Å². The highest BCUT2D eigenvalue weighted by atomic mass is 35.5. The van der Waals surface area contributed by atoms with Gasteiger partial charge in [0, 0.05) is 23.9 Å². The van der Waals surface area contributed by atoms with Crippen molar-refractivity contribution in [1.29, 1.82) is 0 Å². The number of halogens is 4. The van der Waals surface area contributed by atoms with Crippen LogP contribution in [0.1, 0.15) is 23.7 Å². The summed E-state index contributed by atoms with van der Waals surface area (Å²) in [5.41, 5.74) is 2.00. The van der Waals surface area contributed by atoms with Crippen LogP contribution in [-0.2, 0) is 6.54 Å². The van der Waals surface area contributed by atoms with Crippen LogP contribution in [0.5, 0.6) is 5.75 Å². The highest BCUT2D eigenvalue weighted by molar-refractivity contribution is 6.29. The number of fused-ring (bicyclic) bond motifs is 1. The minimum absolute atomic E-state index is 0.110. The molecular weight excluding hydrogens is 469 g/mol. The summed E-state index contributed by atoms with van der Waals surface area (Å²) >= 11 is 5.92. The molecule has 2 aromatic carbocycles. The van der Waals surface area contributed by atoms with Crippen molar-refractivity contribution < 1.29 is 17.9 Å². The summed E-state index contributed by atoms with van der Waals surface area (Å²) in [7, 11) is 1.54. The second-order valence-electron chi connectivity index (χ2n) is 7.96. The molecule has 0 aliphatic carbocycles. The number of anilines is 2. The van der Waals surface area contributed by atoms with Crippen LogP contribution in [0.25, 0.3) is 5.69 Å². The topological polar surface area (TPSA) is 69.8 Å². The Hall–Kier alpha value is -3.53. The Labute approximate surface area is 198 Å². The van der Waals surface area contributed by atoms with E-state index in [9.17, 15) is 13.2 Å². The van der Waals surface area contributed by atoms with Gasteiger partial charge in [-0.2, -0.15) is 4.98 Å². The van der Waals surface area contributed by atoms with Crippen molar-refractivity contribution in [2.24, 2.45) is 0 Å². The Balaban J connectivity index is 1.46. The van der Waals surface area contributed by atoms with Crippen molar-refractivity contribution >= 4 is 23.2 Å². The maximum atomic E-state index is 14.4. The van der Waals surface area contributed by atoms with Crippen LogP contribution in [0.4, 0.5) is 24.8 Å². The monoisotopic (exact) mass is 488 g/mol. The summed E-state index contributed by atoms with van der Waals surface area (Å²) in [6.45, 7) is -0.257. The maximum absolute atomic E-state index is 14.4. The second-order valence-corrected chi connectivity index (χ2v) is 8.35. The van der Waals surface area contributed by atoms with E-state index in [1.807, 2.05) is 6.07 Å². The van der Waals surface area contributed by atoms with E-state index in [0.29, 0.717) is 28.0 Å². The zero-order valence-electron chi connectivity index (χ0n) is 18.0. The van der Waals surface area contributed by atoms with E-state index < -0.39 is 24.1 Å². The molecule has 3 atom stereocenters. The molecule has 0 amide bonds. The Morgan fingerprint density at radius 2 is 1.91 bits per heavy atom. The quantitative estimate of drug-likeness (QED) is 0.417. The summed E-state index contributed by atoms with van der Waals surface area (Å²) < 4.78 is 50.9. The van der Waals surface area contributed by atoms with Crippen molar-refractivity contribution in [3.63, 3.8) is 0 Å². The lowest BCUT2D eigenvalue weighted by atomic mass is 9.92. The van der Waals surface area contributed by atoms with E-state index >= 15 is 0 Å². The third-order valence-corrected chi connectivity index (χ3v) is 5.95. The van der Waals surface area contributed by atoms with Gasteiger partial charge in [0.15, 0.2) is 6.17 Å². The van der Waals surface area contributed by atoms with E-state index in [0.717, 1.165) is 5.69 Å². The third kappa shape index (κ3) is 4.33. The van der Waals surface area contributed by atoms with Crippen LogP contribution in [0.15, 0.2) is 55.0 Å². The average Bonchev–Trinajstić information content (AvgIpc) is 3.41. The molecule has 4 aromatic rings. The lowest BCUT2D eigenvalue weighted by Crippen LogP contribution is -2.21. The first-order chi connectivity index (χ1) is 16.4. The van der Waals surface area contributed by atoms with Gasteiger partial charge in [-0.3, -0.25) is 0 Å². The van der Waals surface area contributed by atoms with Crippen LogP contribution in [-0.4, -0.2) is 43.8 Å². The van der Waals surface area contributed by atoms with E-state index in [-0.39, 0.29) is 18.9 Å². The summed E-state index contributed by atoms with van der Waals surface area (Å²) in [5, 5.41) is 7.81. The molecule has 0 saturated heterocycles. The second kappa shape index (κ2) is 9.02. The third-order valence-electron chi connectivity index (χ3n) is 5.75. The van der Waals surface area contributed by atoms with Crippen molar-refractivity contribution in [3.05, 3.63) is 77.3 Å². The maximum Gasteiger partial charge on any atom is 0.246 e. The van der Waals surface area contributed by atoms with Crippen LogP contribution >= 0.6 is 11.6 Å². The molecule has 3 heterocycles.